The van der Waals surface area contributed by atoms with Crippen LogP contribution in [0.25, 0.3) is 0 Å². The second-order valence-electron chi connectivity index (χ2n) is 7.13. The summed E-state index contributed by atoms with van der Waals surface area (Å²) < 4.78 is 25.5. The van der Waals surface area contributed by atoms with Crippen LogP contribution in [0.1, 0.15) is 31.0 Å². The maximum atomic E-state index is 12.7. The third-order valence-corrected chi connectivity index (χ3v) is 6.69. The number of aliphatic hydroxyl groups is 1. The lowest BCUT2D eigenvalue weighted by atomic mass is 10.0. The average molecular weight is 386 g/mol. The van der Waals surface area contributed by atoms with E-state index in [2.05, 4.69) is 24.0 Å². The van der Waals surface area contributed by atoms with E-state index in [9.17, 15) is 13.5 Å². The van der Waals surface area contributed by atoms with E-state index in [0.29, 0.717) is 18.3 Å². The van der Waals surface area contributed by atoms with Crippen molar-refractivity contribution in [2.45, 2.75) is 30.8 Å². The van der Waals surface area contributed by atoms with E-state index in [4.69, 9.17) is 5.26 Å². The van der Waals surface area contributed by atoms with Crippen molar-refractivity contribution in [3.63, 3.8) is 0 Å². The lowest BCUT2D eigenvalue weighted by Gasteiger charge is -2.16. The molecule has 0 amide bonds. The molecule has 1 saturated heterocycles. The normalized spacial score (nSPS) is 20.0. The Labute approximate surface area is 159 Å². The van der Waals surface area contributed by atoms with Gasteiger partial charge in [0.15, 0.2) is 21.3 Å². The minimum atomic E-state index is -3.50. The highest BCUT2D eigenvalue weighted by Crippen LogP contribution is 2.26. The number of nitrogens with zero attached hydrogens (tertiary/aromatic N) is 4. The van der Waals surface area contributed by atoms with Crippen molar-refractivity contribution in [3.05, 3.63) is 47.7 Å². The molecule has 2 heterocycles. The number of hydrogen-bond acceptors (Lipinski definition) is 7. The van der Waals surface area contributed by atoms with E-state index in [1.54, 1.807) is 29.2 Å². The van der Waals surface area contributed by atoms with Crippen LogP contribution in [0, 0.1) is 17.2 Å². The van der Waals surface area contributed by atoms with Crippen molar-refractivity contribution in [2.24, 2.45) is 5.92 Å². The fourth-order valence-electron chi connectivity index (χ4n) is 3.20. The number of nitriles is 1. The van der Waals surface area contributed by atoms with E-state index < -0.39 is 21.9 Å². The Morgan fingerprint density at radius 3 is 2.44 bits per heavy atom. The highest BCUT2D eigenvalue weighted by molar-refractivity contribution is 7.91. The maximum absolute atomic E-state index is 12.7. The van der Waals surface area contributed by atoms with Gasteiger partial charge in [-0.25, -0.2) is 8.42 Å². The second kappa shape index (κ2) is 7.62. The van der Waals surface area contributed by atoms with E-state index >= 15 is 0 Å². The number of hydrogen-bond donors (Lipinski definition) is 1. The number of sulfone groups is 1. The van der Waals surface area contributed by atoms with Gasteiger partial charge in [-0.15, -0.1) is 10.2 Å². The van der Waals surface area contributed by atoms with Gasteiger partial charge in [-0.05, 0) is 35.7 Å². The van der Waals surface area contributed by atoms with Crippen molar-refractivity contribution in [3.8, 4) is 6.07 Å². The second-order valence-corrected chi connectivity index (χ2v) is 9.16. The van der Waals surface area contributed by atoms with Gasteiger partial charge in [-0.3, -0.25) is 0 Å². The summed E-state index contributed by atoms with van der Waals surface area (Å²) in [7, 11) is -3.50. The Balaban J connectivity index is 1.71. The zero-order valence-corrected chi connectivity index (χ0v) is 16.1. The molecule has 3 rings (SSSR count). The van der Waals surface area contributed by atoms with Gasteiger partial charge in [0.2, 0.25) is 0 Å². The van der Waals surface area contributed by atoms with Crippen LogP contribution in [0.5, 0.6) is 0 Å². The highest BCUT2D eigenvalue weighted by atomic mass is 32.2. The van der Waals surface area contributed by atoms with Gasteiger partial charge >= 0.3 is 0 Å². The summed E-state index contributed by atoms with van der Waals surface area (Å²) in [6.07, 6.45) is -0.771. The van der Waals surface area contributed by atoms with Gasteiger partial charge in [0.1, 0.15) is 6.07 Å². The number of aromatic nitrogens is 2. The minimum Gasteiger partial charge on any atom is -0.391 e. The molecule has 8 heteroatoms. The average Bonchev–Trinajstić information content (AvgIpc) is 3.01. The van der Waals surface area contributed by atoms with Crippen LogP contribution in [-0.2, 0) is 9.84 Å². The standard InChI is InChI=1S/C19H22N4O3S/c1-13(2)14-3-6-17(7-4-14)27(25,26)12-15-10-23(11-18(15)24)19-8-5-16(9-20)21-22-19/h3-8,13,15,18,24H,10-12H2,1-2H3/t15?,18-/m0/s1. The van der Waals surface area contributed by atoms with Gasteiger partial charge in [-0.2, -0.15) is 5.26 Å². The summed E-state index contributed by atoms with van der Waals surface area (Å²) >= 11 is 0. The van der Waals surface area contributed by atoms with Crippen molar-refractivity contribution in [1.82, 2.24) is 10.2 Å². The molecule has 0 saturated carbocycles. The van der Waals surface area contributed by atoms with E-state index in [1.165, 1.54) is 0 Å². The lowest BCUT2D eigenvalue weighted by molar-refractivity contribution is 0.158. The van der Waals surface area contributed by atoms with E-state index in [0.717, 1.165) is 5.56 Å². The fraction of sp³-hybridized carbons (Fsp3) is 0.421. The largest absolute Gasteiger partial charge is 0.391 e. The lowest BCUT2D eigenvalue weighted by Crippen LogP contribution is -2.26. The Morgan fingerprint density at radius 1 is 1.19 bits per heavy atom. The van der Waals surface area contributed by atoms with Crippen LogP contribution < -0.4 is 4.90 Å². The monoisotopic (exact) mass is 386 g/mol. The Kier molecular flexibility index (Phi) is 5.44. The van der Waals surface area contributed by atoms with Crippen LogP contribution in [0.2, 0.25) is 0 Å². The van der Waals surface area contributed by atoms with Crippen molar-refractivity contribution in [2.75, 3.05) is 23.7 Å². The summed E-state index contributed by atoms with van der Waals surface area (Å²) in [5.41, 5.74) is 1.29. The Morgan fingerprint density at radius 2 is 1.89 bits per heavy atom. The zero-order chi connectivity index (χ0) is 19.6. The number of β-amino-alcohol motifs (C(OH)–C–C–N with tert-alkyl or cyclic N) is 1. The topological polar surface area (TPSA) is 107 Å². The predicted molar refractivity (Wildman–Crippen MR) is 101 cm³/mol. The molecule has 0 radical (unpaired) electrons. The summed E-state index contributed by atoms with van der Waals surface area (Å²) in [5, 5.41) is 26.9. The molecule has 142 valence electrons. The van der Waals surface area contributed by atoms with Crippen molar-refractivity contribution >= 4 is 15.7 Å². The van der Waals surface area contributed by atoms with Crippen molar-refractivity contribution < 1.29 is 13.5 Å². The minimum absolute atomic E-state index is 0.130. The van der Waals surface area contributed by atoms with Crippen LogP contribution in [-0.4, -0.2) is 48.7 Å². The van der Waals surface area contributed by atoms with E-state index in [-0.39, 0.29) is 22.9 Å². The van der Waals surface area contributed by atoms with Crippen LogP contribution >= 0.6 is 0 Å². The summed E-state index contributed by atoms with van der Waals surface area (Å²) in [5.74, 6) is 0.307. The van der Waals surface area contributed by atoms with Gasteiger partial charge in [0, 0.05) is 19.0 Å². The fourth-order valence-corrected chi connectivity index (χ4v) is 4.83. The van der Waals surface area contributed by atoms with Gasteiger partial charge in [0.05, 0.1) is 16.8 Å². The molecule has 1 aliphatic heterocycles. The molecule has 1 fully saturated rings. The van der Waals surface area contributed by atoms with Crippen LogP contribution in [0.4, 0.5) is 5.82 Å². The molecular weight excluding hydrogens is 364 g/mol. The quantitative estimate of drug-likeness (QED) is 0.834. The highest BCUT2D eigenvalue weighted by Gasteiger charge is 2.35. The first kappa shape index (κ1) is 19.3. The third kappa shape index (κ3) is 4.26. The molecule has 1 N–H and O–H groups in total. The van der Waals surface area contributed by atoms with Crippen LogP contribution in [0.3, 0.4) is 0 Å². The summed E-state index contributed by atoms with van der Waals surface area (Å²) in [6, 6.07) is 12.0. The Bertz CT molecular complexity index is 934. The molecule has 0 aliphatic carbocycles. The molecule has 2 aromatic rings. The first-order valence-electron chi connectivity index (χ1n) is 8.79. The molecule has 1 aromatic heterocycles. The zero-order valence-electron chi connectivity index (χ0n) is 15.3. The van der Waals surface area contributed by atoms with Gasteiger partial charge < -0.3 is 10.0 Å². The molecule has 0 bridgehead atoms. The molecule has 1 aromatic carbocycles. The Hall–Kier alpha value is -2.50. The van der Waals surface area contributed by atoms with Gasteiger partial charge in [-0.1, -0.05) is 26.0 Å². The maximum Gasteiger partial charge on any atom is 0.178 e. The molecule has 7 nitrogen and oxygen atoms in total. The molecule has 2 atom stereocenters. The number of rotatable bonds is 5. The smallest absolute Gasteiger partial charge is 0.178 e. The number of anilines is 1. The number of benzene rings is 1. The molecule has 1 aliphatic rings. The molecular formula is C19H22N4O3S. The first-order valence-corrected chi connectivity index (χ1v) is 10.4. The SMILES string of the molecule is CC(C)c1ccc(S(=O)(=O)CC2CN(c3ccc(C#N)nn3)C[C@@H]2O)cc1. The van der Waals surface area contributed by atoms with Crippen LogP contribution in [0.15, 0.2) is 41.3 Å². The predicted octanol–water partition coefficient (Wildman–Crippen LogP) is 1.74. The first-order chi connectivity index (χ1) is 12.8. The van der Waals surface area contributed by atoms with E-state index in [1.807, 2.05) is 18.2 Å². The summed E-state index contributed by atoms with van der Waals surface area (Å²) in [6.45, 7) is 4.76. The van der Waals surface area contributed by atoms with Gasteiger partial charge in [0.25, 0.3) is 0 Å². The van der Waals surface area contributed by atoms with Crippen molar-refractivity contribution in [1.29, 1.82) is 5.26 Å². The number of aliphatic hydroxyl groups excluding tert-OH is 1. The molecule has 1 unspecified atom stereocenters. The third-order valence-electron chi connectivity index (χ3n) is 4.83. The summed E-state index contributed by atoms with van der Waals surface area (Å²) in [4.78, 5) is 2.07. The molecule has 27 heavy (non-hydrogen) atoms. The molecule has 0 spiro atoms.